The van der Waals surface area contributed by atoms with Crippen molar-refractivity contribution in [2.45, 2.75) is 49.8 Å². The van der Waals surface area contributed by atoms with E-state index in [1.54, 1.807) is 14.0 Å². The molecule has 6 nitrogen and oxygen atoms in total. The van der Waals surface area contributed by atoms with Crippen molar-refractivity contribution >= 4 is 10.0 Å². The van der Waals surface area contributed by atoms with Crippen LogP contribution < -0.4 is 10.5 Å². The van der Waals surface area contributed by atoms with Crippen molar-refractivity contribution in [2.75, 3.05) is 7.11 Å². The van der Waals surface area contributed by atoms with Crippen molar-refractivity contribution in [1.82, 2.24) is 4.72 Å². The molecule has 2 unspecified atom stereocenters. The van der Waals surface area contributed by atoms with E-state index in [0.717, 1.165) is 19.3 Å². The molecule has 0 aliphatic heterocycles. The van der Waals surface area contributed by atoms with Crippen molar-refractivity contribution in [1.29, 1.82) is 0 Å². The van der Waals surface area contributed by atoms with E-state index in [1.807, 2.05) is 0 Å². The molecule has 19 heavy (non-hydrogen) atoms. The zero-order valence-corrected chi connectivity index (χ0v) is 12.0. The number of furan rings is 1. The minimum absolute atomic E-state index is 0.0593. The Hall–Kier alpha value is -0.890. The third-order valence-corrected chi connectivity index (χ3v) is 5.07. The Kier molecular flexibility index (Phi) is 4.29. The number of nitrogens with one attached hydrogen (secondary N) is 1. The van der Waals surface area contributed by atoms with Crippen LogP contribution >= 0.6 is 0 Å². The summed E-state index contributed by atoms with van der Waals surface area (Å²) < 4.78 is 37.9. The summed E-state index contributed by atoms with van der Waals surface area (Å²) >= 11 is 0. The zero-order chi connectivity index (χ0) is 14.0. The normalized spacial score (nSPS) is 23.9. The Morgan fingerprint density at radius 1 is 1.53 bits per heavy atom. The average molecular weight is 288 g/mol. The van der Waals surface area contributed by atoms with Crippen LogP contribution in [0.15, 0.2) is 15.4 Å². The first-order chi connectivity index (χ1) is 8.97. The molecule has 0 aromatic carbocycles. The SMILES string of the molecule is COC1CCCC1NS(=O)(=O)c1cc(CN)oc1C. The van der Waals surface area contributed by atoms with Crippen LogP contribution in [-0.2, 0) is 21.3 Å². The molecule has 7 heteroatoms. The minimum atomic E-state index is -3.59. The number of nitrogens with two attached hydrogens (primary N) is 1. The molecule has 2 atom stereocenters. The lowest BCUT2D eigenvalue weighted by Gasteiger charge is -2.19. The standard InChI is InChI=1S/C12H20N2O4S/c1-8-12(6-9(7-13)18-8)19(15,16)14-10-4-3-5-11(10)17-2/h6,10-11,14H,3-5,7,13H2,1-2H3. The molecule has 1 fully saturated rings. The van der Waals surface area contributed by atoms with Gasteiger partial charge in [0.2, 0.25) is 10.0 Å². The van der Waals surface area contributed by atoms with Crippen molar-refractivity contribution < 1.29 is 17.6 Å². The van der Waals surface area contributed by atoms with E-state index in [-0.39, 0.29) is 23.6 Å². The number of hydrogen-bond donors (Lipinski definition) is 2. The molecule has 0 amide bonds. The molecule has 1 heterocycles. The summed E-state index contributed by atoms with van der Waals surface area (Å²) in [4.78, 5) is 0.162. The summed E-state index contributed by atoms with van der Waals surface area (Å²) in [5, 5.41) is 0. The Labute approximate surface area is 113 Å². The molecule has 108 valence electrons. The summed E-state index contributed by atoms with van der Waals surface area (Å²) in [6.07, 6.45) is 2.57. The highest BCUT2D eigenvalue weighted by Gasteiger charge is 2.32. The number of rotatable bonds is 5. The number of methoxy groups -OCH3 is 1. The van der Waals surface area contributed by atoms with Gasteiger partial charge in [-0.15, -0.1) is 0 Å². The predicted molar refractivity (Wildman–Crippen MR) is 70.1 cm³/mol. The molecule has 0 radical (unpaired) electrons. The highest BCUT2D eigenvalue weighted by atomic mass is 32.2. The molecule has 1 saturated carbocycles. The van der Waals surface area contributed by atoms with Gasteiger partial charge in [0.15, 0.2) is 0 Å². The van der Waals surface area contributed by atoms with Crippen LogP contribution in [0.4, 0.5) is 0 Å². The fraction of sp³-hybridized carbons (Fsp3) is 0.667. The second-order valence-electron chi connectivity index (χ2n) is 4.77. The molecular weight excluding hydrogens is 268 g/mol. The quantitative estimate of drug-likeness (QED) is 0.839. The Morgan fingerprint density at radius 2 is 2.26 bits per heavy atom. The van der Waals surface area contributed by atoms with E-state index in [9.17, 15) is 8.42 Å². The molecule has 2 rings (SSSR count). The molecule has 1 aromatic heterocycles. The van der Waals surface area contributed by atoms with Gasteiger partial charge in [-0.2, -0.15) is 0 Å². The summed E-state index contributed by atoms with van der Waals surface area (Å²) in [6.45, 7) is 1.80. The van der Waals surface area contributed by atoms with Crippen LogP contribution in [0.1, 0.15) is 30.8 Å². The molecule has 1 aliphatic rings. The smallest absolute Gasteiger partial charge is 0.244 e. The third-order valence-electron chi connectivity index (χ3n) is 3.48. The molecule has 1 aromatic rings. The highest BCUT2D eigenvalue weighted by Crippen LogP contribution is 2.25. The Bertz CT molecular complexity index is 538. The molecule has 0 bridgehead atoms. The summed E-state index contributed by atoms with van der Waals surface area (Å²) in [5.74, 6) is 0.826. The minimum Gasteiger partial charge on any atom is -0.464 e. The van der Waals surface area contributed by atoms with Gasteiger partial charge in [-0.1, -0.05) is 0 Å². The van der Waals surface area contributed by atoms with Crippen molar-refractivity contribution in [3.8, 4) is 0 Å². The van der Waals surface area contributed by atoms with Gasteiger partial charge in [-0.3, -0.25) is 0 Å². The second kappa shape index (κ2) is 5.62. The Balaban J connectivity index is 2.20. The van der Waals surface area contributed by atoms with Crippen LogP contribution in [0.5, 0.6) is 0 Å². The van der Waals surface area contributed by atoms with E-state index in [0.29, 0.717) is 11.5 Å². The number of sulfonamides is 1. The second-order valence-corrected chi connectivity index (χ2v) is 6.45. The number of aryl methyl sites for hydroxylation is 1. The summed E-state index contributed by atoms with van der Waals surface area (Å²) in [6, 6.07) is 1.31. The van der Waals surface area contributed by atoms with E-state index >= 15 is 0 Å². The molecule has 1 aliphatic carbocycles. The van der Waals surface area contributed by atoms with E-state index in [1.165, 1.54) is 6.07 Å². The van der Waals surface area contributed by atoms with Crippen molar-refractivity contribution in [3.63, 3.8) is 0 Å². The molecular formula is C12H20N2O4S. The van der Waals surface area contributed by atoms with Gasteiger partial charge in [0.1, 0.15) is 16.4 Å². The maximum absolute atomic E-state index is 12.3. The maximum atomic E-state index is 12.3. The summed E-state index contributed by atoms with van der Waals surface area (Å²) in [5.41, 5.74) is 5.45. The predicted octanol–water partition coefficient (Wildman–Crippen LogP) is 0.893. The van der Waals surface area contributed by atoms with E-state index in [4.69, 9.17) is 14.9 Å². The maximum Gasteiger partial charge on any atom is 0.244 e. The van der Waals surface area contributed by atoms with E-state index < -0.39 is 10.0 Å². The van der Waals surface area contributed by atoms with Crippen molar-refractivity contribution in [3.05, 3.63) is 17.6 Å². The lowest BCUT2D eigenvalue weighted by Crippen LogP contribution is -2.40. The first kappa shape index (κ1) is 14.5. The zero-order valence-electron chi connectivity index (χ0n) is 11.2. The van der Waals surface area contributed by atoms with Gasteiger partial charge in [-0.25, -0.2) is 13.1 Å². The summed E-state index contributed by atoms with van der Waals surface area (Å²) in [7, 11) is -1.98. The van der Waals surface area contributed by atoms with Gasteiger partial charge in [0.25, 0.3) is 0 Å². The van der Waals surface area contributed by atoms with Crippen LogP contribution in [-0.4, -0.2) is 27.7 Å². The van der Waals surface area contributed by atoms with Crippen molar-refractivity contribution in [2.24, 2.45) is 5.73 Å². The number of hydrogen-bond acceptors (Lipinski definition) is 5. The van der Waals surface area contributed by atoms with Crippen LogP contribution in [0.25, 0.3) is 0 Å². The fourth-order valence-electron chi connectivity index (χ4n) is 2.50. The molecule has 0 spiro atoms. The molecule has 0 saturated heterocycles. The third kappa shape index (κ3) is 3.00. The molecule has 3 N–H and O–H groups in total. The lowest BCUT2D eigenvalue weighted by atomic mass is 10.2. The van der Waals surface area contributed by atoms with E-state index in [2.05, 4.69) is 4.72 Å². The monoisotopic (exact) mass is 288 g/mol. The van der Waals surface area contributed by atoms with Crippen LogP contribution in [0.2, 0.25) is 0 Å². The van der Waals surface area contributed by atoms with Gasteiger partial charge >= 0.3 is 0 Å². The van der Waals surface area contributed by atoms with Gasteiger partial charge in [-0.05, 0) is 26.2 Å². The van der Waals surface area contributed by atoms with Crippen LogP contribution in [0, 0.1) is 6.92 Å². The topological polar surface area (TPSA) is 94.6 Å². The highest BCUT2D eigenvalue weighted by molar-refractivity contribution is 7.89. The largest absolute Gasteiger partial charge is 0.464 e. The Morgan fingerprint density at radius 3 is 2.84 bits per heavy atom. The first-order valence-electron chi connectivity index (χ1n) is 6.32. The van der Waals surface area contributed by atoms with Gasteiger partial charge < -0.3 is 14.9 Å². The van der Waals surface area contributed by atoms with Gasteiger partial charge in [0.05, 0.1) is 12.6 Å². The van der Waals surface area contributed by atoms with Crippen LogP contribution in [0.3, 0.4) is 0 Å². The first-order valence-corrected chi connectivity index (χ1v) is 7.80. The average Bonchev–Trinajstić information content (AvgIpc) is 2.95. The van der Waals surface area contributed by atoms with Gasteiger partial charge in [0, 0.05) is 19.2 Å². The lowest BCUT2D eigenvalue weighted by molar-refractivity contribution is 0.0916. The number of ether oxygens (including phenoxy) is 1. The fourth-order valence-corrected chi connectivity index (χ4v) is 4.00.